The number of hydrogen-bond donors (Lipinski definition) is 1. The number of nitrogens with one attached hydrogen (secondary N) is 1. The first-order chi connectivity index (χ1) is 11.7. The highest BCUT2D eigenvalue weighted by Gasteiger charge is 2.65. The second kappa shape index (κ2) is 5.41. The Balaban J connectivity index is 1.63. The van der Waals surface area contributed by atoms with E-state index in [2.05, 4.69) is 26.3 Å². The van der Waals surface area contributed by atoms with Gasteiger partial charge in [0.1, 0.15) is 5.60 Å². The zero-order valence-electron chi connectivity index (χ0n) is 14.7. The van der Waals surface area contributed by atoms with Crippen LogP contribution in [-0.2, 0) is 15.1 Å². The van der Waals surface area contributed by atoms with Crippen LogP contribution in [0.5, 0.6) is 0 Å². The maximum absolute atomic E-state index is 12.2. The van der Waals surface area contributed by atoms with Gasteiger partial charge in [0.2, 0.25) is 0 Å². The maximum atomic E-state index is 12.2. The lowest BCUT2D eigenvalue weighted by molar-refractivity contribution is -0.0448. The smallest absolute Gasteiger partial charge is 0.407 e. The molecule has 2 aromatic heterocycles. The fourth-order valence-electron chi connectivity index (χ4n) is 3.66. The molecule has 5 rings (SSSR count). The van der Waals surface area contributed by atoms with Crippen molar-refractivity contribution in [2.45, 2.75) is 51.4 Å². The number of nitrogens with zero attached hydrogens (tertiary/aromatic N) is 3. The van der Waals surface area contributed by atoms with Crippen LogP contribution in [0.15, 0.2) is 16.7 Å². The average molecular weight is 409 g/mol. The molecule has 2 aliphatic heterocycles. The van der Waals surface area contributed by atoms with Crippen LogP contribution in [0.1, 0.15) is 38.6 Å². The summed E-state index contributed by atoms with van der Waals surface area (Å²) in [6.07, 6.45) is 2.25. The number of rotatable bonds is 2. The molecule has 2 aromatic rings. The largest absolute Gasteiger partial charge is 0.444 e. The van der Waals surface area contributed by atoms with Gasteiger partial charge in [-0.2, -0.15) is 0 Å². The minimum atomic E-state index is -0.660. The molecule has 4 heterocycles. The number of aryl methyl sites for hydroxylation is 1. The number of carbonyl (C=O) groups excluding carboxylic acids is 1. The van der Waals surface area contributed by atoms with Gasteiger partial charge in [0, 0.05) is 16.6 Å². The second-order valence-corrected chi connectivity index (χ2v) is 8.75. The Morgan fingerprint density at radius 2 is 2.28 bits per heavy atom. The van der Waals surface area contributed by atoms with Gasteiger partial charge in [-0.15, -0.1) is 5.10 Å². The highest BCUT2D eigenvalue weighted by Crippen LogP contribution is 2.54. The summed E-state index contributed by atoms with van der Waals surface area (Å²) in [6, 6.07) is 1.84. The molecule has 3 aliphatic rings. The van der Waals surface area contributed by atoms with Gasteiger partial charge in [-0.3, -0.25) is 0 Å². The van der Waals surface area contributed by atoms with E-state index in [1.165, 1.54) is 0 Å². The third kappa shape index (κ3) is 2.71. The van der Waals surface area contributed by atoms with Crippen LogP contribution in [0.25, 0.3) is 5.65 Å². The van der Waals surface area contributed by atoms with Crippen molar-refractivity contribution in [2.75, 3.05) is 6.61 Å². The van der Waals surface area contributed by atoms with Crippen molar-refractivity contribution >= 4 is 27.7 Å². The molecular weight excluding hydrogens is 388 g/mol. The molecule has 8 heteroatoms. The Morgan fingerprint density at radius 1 is 1.52 bits per heavy atom. The van der Waals surface area contributed by atoms with Gasteiger partial charge in [0.15, 0.2) is 17.1 Å². The van der Waals surface area contributed by atoms with Crippen molar-refractivity contribution in [3.05, 3.63) is 28.1 Å². The lowest BCUT2D eigenvalue weighted by Gasteiger charge is -2.43. The van der Waals surface area contributed by atoms with E-state index in [1.54, 1.807) is 4.52 Å². The van der Waals surface area contributed by atoms with Crippen molar-refractivity contribution in [2.24, 2.45) is 5.92 Å². The van der Waals surface area contributed by atoms with Crippen LogP contribution in [0.4, 0.5) is 4.79 Å². The molecule has 134 valence electrons. The van der Waals surface area contributed by atoms with E-state index >= 15 is 0 Å². The van der Waals surface area contributed by atoms with Gasteiger partial charge in [-0.1, -0.05) is 0 Å². The number of halogens is 1. The molecule has 1 N–H and O–H groups in total. The first kappa shape index (κ1) is 16.8. The number of ether oxygens (including phenoxy) is 2. The SMILES string of the molecule is Cc1cc(Br)cn2nc(C34CC(CO3)C4NC(=O)OC(C)(C)C)nc12. The fourth-order valence-corrected chi connectivity index (χ4v) is 4.20. The van der Waals surface area contributed by atoms with E-state index in [4.69, 9.17) is 14.5 Å². The summed E-state index contributed by atoms with van der Waals surface area (Å²) in [6.45, 7) is 8.13. The predicted molar refractivity (Wildman–Crippen MR) is 94.3 cm³/mol. The first-order valence-corrected chi connectivity index (χ1v) is 9.14. The second-order valence-electron chi connectivity index (χ2n) is 7.83. The summed E-state index contributed by atoms with van der Waals surface area (Å²) in [5, 5.41) is 7.58. The highest BCUT2D eigenvalue weighted by atomic mass is 79.9. The zero-order chi connectivity index (χ0) is 18.0. The highest BCUT2D eigenvalue weighted by molar-refractivity contribution is 9.10. The number of pyridine rings is 1. The lowest BCUT2D eigenvalue weighted by Crippen LogP contribution is -2.60. The number of amides is 1. The number of fused-ring (bicyclic) bond motifs is 2. The van der Waals surface area contributed by atoms with E-state index in [-0.39, 0.29) is 12.0 Å². The minimum Gasteiger partial charge on any atom is -0.444 e. The third-order valence-electron chi connectivity index (χ3n) is 4.73. The van der Waals surface area contributed by atoms with Crippen molar-refractivity contribution < 1.29 is 14.3 Å². The summed E-state index contributed by atoms with van der Waals surface area (Å²) < 4.78 is 14.1. The van der Waals surface area contributed by atoms with Gasteiger partial charge in [-0.05, 0) is 61.7 Å². The summed E-state index contributed by atoms with van der Waals surface area (Å²) in [5.74, 6) is 0.885. The number of hydrogen-bond acceptors (Lipinski definition) is 5. The Morgan fingerprint density at radius 3 is 2.96 bits per heavy atom. The molecular formula is C17H21BrN4O3. The van der Waals surface area contributed by atoms with E-state index in [0.29, 0.717) is 12.4 Å². The number of alkyl carbamates (subject to hydrolysis) is 1. The minimum absolute atomic E-state index is 0.163. The zero-order valence-corrected chi connectivity index (χ0v) is 16.3. The molecule has 2 saturated heterocycles. The topological polar surface area (TPSA) is 77.8 Å². The van der Waals surface area contributed by atoms with Gasteiger partial charge < -0.3 is 14.8 Å². The summed E-state index contributed by atoms with van der Waals surface area (Å²) in [4.78, 5) is 16.9. The molecule has 3 unspecified atom stereocenters. The molecule has 1 amide bonds. The standard InChI is InChI=1S/C17H21BrN4O3/c1-9-5-11(18)7-22-13(9)20-14(21-22)17-6-10(8-24-17)12(17)19-15(23)25-16(2,3)4/h5,7,10,12H,6,8H2,1-4H3,(H,19,23). The summed E-state index contributed by atoms with van der Waals surface area (Å²) in [7, 11) is 0. The van der Waals surface area contributed by atoms with Crippen LogP contribution in [-0.4, -0.2) is 38.9 Å². The van der Waals surface area contributed by atoms with Crippen molar-refractivity contribution in [1.29, 1.82) is 0 Å². The molecule has 1 saturated carbocycles. The van der Waals surface area contributed by atoms with E-state index in [9.17, 15) is 4.79 Å². The van der Waals surface area contributed by atoms with E-state index < -0.39 is 17.3 Å². The number of carbonyl (C=O) groups is 1. The monoisotopic (exact) mass is 408 g/mol. The van der Waals surface area contributed by atoms with Crippen LogP contribution in [0, 0.1) is 12.8 Å². The average Bonchev–Trinajstić information content (AvgIpc) is 3.14. The van der Waals surface area contributed by atoms with Crippen LogP contribution in [0.2, 0.25) is 0 Å². The lowest BCUT2D eigenvalue weighted by atomic mass is 9.69. The van der Waals surface area contributed by atoms with Gasteiger partial charge >= 0.3 is 6.09 Å². The van der Waals surface area contributed by atoms with Crippen LogP contribution in [0.3, 0.4) is 0 Å². The normalized spacial score (nSPS) is 28.0. The summed E-state index contributed by atoms with van der Waals surface area (Å²) >= 11 is 3.48. The molecule has 0 aromatic carbocycles. The molecule has 25 heavy (non-hydrogen) atoms. The molecule has 3 atom stereocenters. The Bertz CT molecular complexity index is 855. The fraction of sp³-hybridized carbons (Fsp3) is 0.588. The Kier molecular flexibility index (Phi) is 3.63. The van der Waals surface area contributed by atoms with Gasteiger partial charge in [0.25, 0.3) is 0 Å². The molecule has 1 aliphatic carbocycles. The Labute approximate surface area is 154 Å². The first-order valence-electron chi connectivity index (χ1n) is 8.34. The molecule has 2 bridgehead atoms. The predicted octanol–water partition coefficient (Wildman–Crippen LogP) is 2.94. The van der Waals surface area contributed by atoms with Crippen LogP contribution >= 0.6 is 15.9 Å². The van der Waals surface area contributed by atoms with Crippen LogP contribution < -0.4 is 5.32 Å². The Hall–Kier alpha value is -1.67. The van der Waals surface area contributed by atoms with Gasteiger partial charge in [0.05, 0.1) is 12.6 Å². The maximum Gasteiger partial charge on any atom is 0.407 e. The number of aromatic nitrogens is 3. The van der Waals surface area contributed by atoms with Gasteiger partial charge in [-0.25, -0.2) is 14.3 Å². The molecule has 3 fully saturated rings. The van der Waals surface area contributed by atoms with E-state index in [1.807, 2.05) is 40.0 Å². The van der Waals surface area contributed by atoms with Crippen molar-refractivity contribution in [1.82, 2.24) is 19.9 Å². The quantitative estimate of drug-likeness (QED) is 0.826. The third-order valence-corrected chi connectivity index (χ3v) is 5.16. The van der Waals surface area contributed by atoms with E-state index in [0.717, 1.165) is 22.1 Å². The molecule has 0 spiro atoms. The summed E-state index contributed by atoms with van der Waals surface area (Å²) in [5.41, 5.74) is 0.621. The van der Waals surface area contributed by atoms with Crippen molar-refractivity contribution in [3.8, 4) is 0 Å². The molecule has 7 nitrogen and oxygen atoms in total. The van der Waals surface area contributed by atoms with Crippen molar-refractivity contribution in [3.63, 3.8) is 0 Å². The molecule has 0 radical (unpaired) electrons.